The van der Waals surface area contributed by atoms with E-state index < -0.39 is 0 Å². The van der Waals surface area contributed by atoms with Gasteiger partial charge in [-0.25, -0.2) is 0 Å². The number of hydrogen-bond acceptors (Lipinski definition) is 2. The number of hydrogen-bond donors (Lipinski definition) is 1. The second-order valence-electron chi connectivity index (χ2n) is 3.99. The van der Waals surface area contributed by atoms with Crippen LogP contribution >= 0.6 is 15.9 Å². The van der Waals surface area contributed by atoms with Crippen LogP contribution in [0.15, 0.2) is 21.7 Å². The summed E-state index contributed by atoms with van der Waals surface area (Å²) in [5.41, 5.74) is 0.546. The number of H-pyrrole nitrogens is 1. The molecule has 4 nitrogen and oxygen atoms in total. The zero-order valence-electron chi connectivity index (χ0n) is 8.62. The molecule has 0 aliphatic rings. The van der Waals surface area contributed by atoms with E-state index in [2.05, 4.69) is 40.0 Å². The minimum absolute atomic E-state index is 0.0144. The van der Waals surface area contributed by atoms with Gasteiger partial charge in [0.25, 0.3) is 5.56 Å². The third kappa shape index (κ3) is 1.84. The monoisotopic (exact) mass is 269 g/mol. The minimum Gasteiger partial charge on any atom is -0.312 e. The maximum Gasteiger partial charge on any atom is 0.276 e. The summed E-state index contributed by atoms with van der Waals surface area (Å²) in [7, 11) is 0. The topological polar surface area (TPSA) is 50.7 Å². The van der Waals surface area contributed by atoms with Crippen molar-refractivity contribution in [2.45, 2.75) is 20.4 Å². The summed E-state index contributed by atoms with van der Waals surface area (Å²) < 4.78 is 2.60. The fraction of sp³-hybridized carbons (Fsp3) is 0.400. The van der Waals surface area contributed by atoms with Crippen molar-refractivity contribution >= 4 is 26.8 Å². The van der Waals surface area contributed by atoms with Crippen LogP contribution in [0.1, 0.15) is 13.8 Å². The molecule has 0 amide bonds. The number of nitrogens with zero attached hydrogens (tertiary/aromatic N) is 2. The first kappa shape index (κ1) is 10.4. The molecule has 2 heterocycles. The van der Waals surface area contributed by atoms with Crippen molar-refractivity contribution < 1.29 is 0 Å². The average molecular weight is 270 g/mol. The van der Waals surface area contributed by atoms with E-state index >= 15 is 0 Å². The third-order valence-corrected chi connectivity index (χ3v) is 2.83. The van der Waals surface area contributed by atoms with E-state index in [4.69, 9.17) is 0 Å². The Morgan fingerprint density at radius 3 is 3.00 bits per heavy atom. The van der Waals surface area contributed by atoms with E-state index in [1.54, 1.807) is 10.8 Å². The van der Waals surface area contributed by atoms with E-state index in [1.165, 1.54) is 0 Å². The Balaban J connectivity index is 2.66. The van der Waals surface area contributed by atoms with Gasteiger partial charge in [-0.2, -0.15) is 5.10 Å². The van der Waals surface area contributed by atoms with Crippen molar-refractivity contribution in [3.63, 3.8) is 0 Å². The summed E-state index contributed by atoms with van der Waals surface area (Å²) in [6.45, 7) is 4.88. The molecule has 0 aromatic carbocycles. The predicted molar refractivity (Wildman–Crippen MR) is 62.9 cm³/mol. The standard InChI is InChI=1S/C10H12BrN3O/c1-6(2)4-14-5-8(11)7-3-12-13-9(7)10(14)15/h3,5-6H,4H2,1-2H3,(H,12,13). The van der Waals surface area contributed by atoms with Gasteiger partial charge in [0.15, 0.2) is 0 Å². The molecular formula is C10H12BrN3O. The Labute approximate surface area is 95.4 Å². The molecular weight excluding hydrogens is 258 g/mol. The molecule has 0 radical (unpaired) electrons. The van der Waals surface area contributed by atoms with Crippen LogP contribution in [0, 0.1) is 5.92 Å². The van der Waals surface area contributed by atoms with E-state index in [9.17, 15) is 4.79 Å². The van der Waals surface area contributed by atoms with Crippen molar-refractivity contribution in [1.29, 1.82) is 0 Å². The Kier molecular flexibility index (Phi) is 2.65. The molecule has 0 aliphatic carbocycles. The first-order valence-corrected chi connectivity index (χ1v) is 5.61. The summed E-state index contributed by atoms with van der Waals surface area (Å²) >= 11 is 3.43. The maximum atomic E-state index is 11.9. The fourth-order valence-corrected chi connectivity index (χ4v) is 2.12. The molecule has 80 valence electrons. The quantitative estimate of drug-likeness (QED) is 0.908. The molecule has 2 aromatic rings. The molecule has 0 aliphatic heterocycles. The van der Waals surface area contributed by atoms with Gasteiger partial charge in [0.1, 0.15) is 5.52 Å². The van der Waals surface area contributed by atoms with E-state index in [1.807, 2.05) is 6.20 Å². The number of pyridine rings is 1. The predicted octanol–water partition coefficient (Wildman–Crippen LogP) is 2.14. The number of fused-ring (bicyclic) bond motifs is 1. The highest BCUT2D eigenvalue weighted by Crippen LogP contribution is 2.19. The van der Waals surface area contributed by atoms with Gasteiger partial charge < -0.3 is 4.57 Å². The van der Waals surface area contributed by atoms with Crippen LogP contribution in [0.3, 0.4) is 0 Å². The van der Waals surface area contributed by atoms with E-state index in [-0.39, 0.29) is 5.56 Å². The first-order valence-electron chi connectivity index (χ1n) is 4.81. The molecule has 0 spiro atoms. The van der Waals surface area contributed by atoms with Crippen LogP contribution in [-0.2, 0) is 6.54 Å². The minimum atomic E-state index is -0.0144. The first-order chi connectivity index (χ1) is 7.09. The Morgan fingerprint density at radius 1 is 1.60 bits per heavy atom. The molecule has 0 saturated heterocycles. The highest BCUT2D eigenvalue weighted by atomic mass is 79.9. The Morgan fingerprint density at radius 2 is 2.33 bits per heavy atom. The number of aromatic nitrogens is 3. The molecule has 0 fully saturated rings. The summed E-state index contributed by atoms with van der Waals surface area (Å²) in [6, 6.07) is 0. The number of nitrogens with one attached hydrogen (secondary N) is 1. The number of rotatable bonds is 2. The zero-order chi connectivity index (χ0) is 11.0. The van der Waals surface area contributed by atoms with Crippen LogP contribution in [0.2, 0.25) is 0 Å². The normalized spacial score (nSPS) is 11.5. The van der Waals surface area contributed by atoms with Gasteiger partial charge in [-0.3, -0.25) is 9.89 Å². The van der Waals surface area contributed by atoms with Gasteiger partial charge in [0.05, 0.1) is 6.20 Å². The highest BCUT2D eigenvalue weighted by molar-refractivity contribution is 9.10. The van der Waals surface area contributed by atoms with Gasteiger partial charge in [0, 0.05) is 22.6 Å². The van der Waals surface area contributed by atoms with Crippen molar-refractivity contribution in [2.24, 2.45) is 5.92 Å². The van der Waals surface area contributed by atoms with Gasteiger partial charge in [-0.05, 0) is 21.8 Å². The van der Waals surface area contributed by atoms with Gasteiger partial charge >= 0.3 is 0 Å². The SMILES string of the molecule is CC(C)Cn1cc(Br)c2cn[nH]c2c1=O. The van der Waals surface area contributed by atoms with Gasteiger partial charge in [-0.15, -0.1) is 0 Å². The maximum absolute atomic E-state index is 11.9. The summed E-state index contributed by atoms with van der Waals surface area (Å²) in [4.78, 5) is 11.9. The molecule has 5 heteroatoms. The van der Waals surface area contributed by atoms with Crippen LogP contribution in [0.25, 0.3) is 10.9 Å². The fourth-order valence-electron chi connectivity index (χ4n) is 1.57. The number of halogens is 1. The summed E-state index contributed by atoms with van der Waals surface area (Å²) in [5, 5.41) is 7.44. The van der Waals surface area contributed by atoms with Gasteiger partial charge in [-0.1, -0.05) is 13.8 Å². The lowest BCUT2D eigenvalue weighted by molar-refractivity contribution is 0.512. The van der Waals surface area contributed by atoms with Crippen molar-refractivity contribution in [1.82, 2.24) is 14.8 Å². The van der Waals surface area contributed by atoms with Crippen LogP contribution in [0.4, 0.5) is 0 Å². The molecule has 0 atom stereocenters. The van der Waals surface area contributed by atoms with Crippen molar-refractivity contribution in [2.75, 3.05) is 0 Å². The third-order valence-electron chi connectivity index (χ3n) is 2.20. The molecule has 2 aromatic heterocycles. The van der Waals surface area contributed by atoms with Crippen LogP contribution in [0.5, 0.6) is 0 Å². The lowest BCUT2D eigenvalue weighted by atomic mass is 10.2. The molecule has 0 saturated carbocycles. The lowest BCUT2D eigenvalue weighted by Gasteiger charge is -2.09. The van der Waals surface area contributed by atoms with Crippen molar-refractivity contribution in [3.8, 4) is 0 Å². The average Bonchev–Trinajstić information content (AvgIpc) is 2.61. The zero-order valence-corrected chi connectivity index (χ0v) is 10.2. The summed E-state index contributed by atoms with van der Waals surface area (Å²) in [6.07, 6.45) is 3.47. The van der Waals surface area contributed by atoms with Gasteiger partial charge in [0.2, 0.25) is 0 Å². The molecule has 15 heavy (non-hydrogen) atoms. The smallest absolute Gasteiger partial charge is 0.276 e. The molecule has 0 unspecified atom stereocenters. The van der Waals surface area contributed by atoms with E-state index in [0.717, 1.165) is 9.86 Å². The molecule has 2 rings (SSSR count). The Hall–Kier alpha value is -1.10. The second-order valence-corrected chi connectivity index (χ2v) is 4.84. The number of aromatic amines is 1. The Bertz CT molecular complexity index is 541. The highest BCUT2D eigenvalue weighted by Gasteiger charge is 2.09. The van der Waals surface area contributed by atoms with E-state index in [0.29, 0.717) is 18.0 Å². The van der Waals surface area contributed by atoms with Crippen molar-refractivity contribution in [3.05, 3.63) is 27.2 Å². The lowest BCUT2D eigenvalue weighted by Crippen LogP contribution is -2.22. The molecule has 1 N–H and O–H groups in total. The largest absolute Gasteiger partial charge is 0.312 e. The second kappa shape index (κ2) is 3.81. The van der Waals surface area contributed by atoms with Crippen LogP contribution in [-0.4, -0.2) is 14.8 Å². The van der Waals surface area contributed by atoms with Crippen LogP contribution < -0.4 is 5.56 Å². The molecule has 0 bridgehead atoms. The summed E-state index contributed by atoms with van der Waals surface area (Å²) in [5.74, 6) is 0.440.